The average molecular weight is 309 g/mol. The fraction of sp³-hybridized carbons (Fsp3) is 0.923. The molecule has 0 aromatic carbocycles. The highest BCUT2D eigenvalue weighted by molar-refractivity contribution is 5.78. The molecule has 1 amide bonds. The van der Waals surface area contributed by atoms with Crippen LogP contribution in [0.1, 0.15) is 12.8 Å². The monoisotopic (exact) mass is 309 g/mol. The van der Waals surface area contributed by atoms with Crippen LogP contribution < -0.4 is 10.6 Å². The van der Waals surface area contributed by atoms with Crippen LogP contribution in [0.5, 0.6) is 0 Å². The van der Waals surface area contributed by atoms with E-state index in [9.17, 15) is 18.0 Å². The quantitative estimate of drug-likeness (QED) is 0.788. The lowest BCUT2D eigenvalue weighted by Crippen LogP contribution is -2.58. The van der Waals surface area contributed by atoms with Crippen LogP contribution in [0.3, 0.4) is 0 Å². The first-order chi connectivity index (χ1) is 9.98. The fourth-order valence-electron chi connectivity index (χ4n) is 2.73. The second-order valence-corrected chi connectivity index (χ2v) is 5.50. The van der Waals surface area contributed by atoms with E-state index in [2.05, 4.69) is 10.6 Å². The first kappa shape index (κ1) is 16.5. The number of amides is 1. The number of carbonyl (C=O) groups excluding carboxylic acids is 1. The minimum atomic E-state index is -4.34. The Kier molecular flexibility index (Phi) is 5.83. The van der Waals surface area contributed by atoms with E-state index in [1.807, 2.05) is 0 Å². The summed E-state index contributed by atoms with van der Waals surface area (Å²) in [5.41, 5.74) is 0. The van der Waals surface area contributed by atoms with Crippen molar-refractivity contribution in [3.8, 4) is 0 Å². The minimum absolute atomic E-state index is 0.302. The molecule has 0 saturated carbocycles. The third-order valence-corrected chi connectivity index (χ3v) is 3.97. The summed E-state index contributed by atoms with van der Waals surface area (Å²) in [6.07, 6.45) is -2.89. The highest BCUT2D eigenvalue weighted by Crippen LogP contribution is 2.25. The summed E-state index contributed by atoms with van der Waals surface area (Å²) in [7, 11) is 0. The Morgan fingerprint density at radius 3 is 2.67 bits per heavy atom. The maximum absolute atomic E-state index is 13.2. The van der Waals surface area contributed by atoms with Crippen molar-refractivity contribution in [3.63, 3.8) is 0 Å². The van der Waals surface area contributed by atoms with Crippen LogP contribution in [0.2, 0.25) is 0 Å². The van der Waals surface area contributed by atoms with Crippen LogP contribution in [-0.2, 0) is 9.53 Å². The predicted octanol–water partition coefficient (Wildman–Crippen LogP) is 0.365. The van der Waals surface area contributed by atoms with Crippen molar-refractivity contribution in [2.45, 2.75) is 25.1 Å². The normalized spacial score (nSPS) is 26.3. The minimum Gasteiger partial charge on any atom is -0.381 e. The van der Waals surface area contributed by atoms with Gasteiger partial charge in [-0.1, -0.05) is 0 Å². The zero-order chi connectivity index (χ0) is 15.3. The SMILES string of the molecule is O=C(NCC(N1CCNCC1)C(F)(F)F)C1CCCOC1. The molecule has 21 heavy (non-hydrogen) atoms. The van der Waals surface area contributed by atoms with E-state index in [1.54, 1.807) is 0 Å². The van der Waals surface area contributed by atoms with Gasteiger partial charge < -0.3 is 15.4 Å². The van der Waals surface area contributed by atoms with Crippen molar-refractivity contribution in [1.82, 2.24) is 15.5 Å². The van der Waals surface area contributed by atoms with Crippen LogP contribution in [-0.4, -0.2) is 69.0 Å². The molecule has 0 radical (unpaired) electrons. The molecule has 2 N–H and O–H groups in total. The summed E-state index contributed by atoms with van der Waals surface area (Å²) in [4.78, 5) is 13.3. The number of halogens is 3. The lowest BCUT2D eigenvalue weighted by molar-refractivity contribution is -0.184. The third kappa shape index (κ3) is 4.82. The number of carbonyl (C=O) groups is 1. The van der Waals surface area contributed by atoms with E-state index in [4.69, 9.17) is 4.74 Å². The van der Waals surface area contributed by atoms with Gasteiger partial charge in [0.2, 0.25) is 5.91 Å². The Hall–Kier alpha value is -0.860. The van der Waals surface area contributed by atoms with Gasteiger partial charge in [0.05, 0.1) is 12.5 Å². The van der Waals surface area contributed by atoms with Gasteiger partial charge in [0, 0.05) is 39.3 Å². The molecule has 0 aromatic heterocycles. The van der Waals surface area contributed by atoms with Crippen molar-refractivity contribution in [2.75, 3.05) is 45.9 Å². The smallest absolute Gasteiger partial charge is 0.381 e. The van der Waals surface area contributed by atoms with E-state index in [1.165, 1.54) is 4.90 Å². The third-order valence-electron chi connectivity index (χ3n) is 3.97. The van der Waals surface area contributed by atoms with Crippen LogP contribution in [0.25, 0.3) is 0 Å². The van der Waals surface area contributed by atoms with Gasteiger partial charge in [0.25, 0.3) is 0 Å². The highest BCUT2D eigenvalue weighted by Gasteiger charge is 2.44. The van der Waals surface area contributed by atoms with E-state index in [0.29, 0.717) is 45.8 Å². The van der Waals surface area contributed by atoms with E-state index in [-0.39, 0.29) is 11.8 Å². The fourth-order valence-corrected chi connectivity index (χ4v) is 2.73. The van der Waals surface area contributed by atoms with Crippen molar-refractivity contribution in [2.24, 2.45) is 5.92 Å². The molecule has 122 valence electrons. The second kappa shape index (κ2) is 7.42. The highest BCUT2D eigenvalue weighted by atomic mass is 19.4. The number of ether oxygens (including phenoxy) is 1. The standard InChI is InChI=1S/C13H22F3N3O2/c14-13(15,16)11(19-5-3-17-4-6-19)8-18-12(20)10-2-1-7-21-9-10/h10-11,17H,1-9H2,(H,18,20). The molecule has 0 spiro atoms. The number of hydrogen-bond donors (Lipinski definition) is 2. The summed E-state index contributed by atoms with van der Waals surface area (Å²) in [6.45, 7) is 2.29. The molecule has 2 unspecified atom stereocenters. The molecule has 0 aliphatic carbocycles. The Labute approximate surface area is 122 Å². The molecule has 2 heterocycles. The first-order valence-corrected chi connectivity index (χ1v) is 7.35. The Balaban J connectivity index is 1.87. The molecule has 2 rings (SSSR count). The molecule has 2 aliphatic rings. The summed E-state index contributed by atoms with van der Waals surface area (Å²) in [6, 6.07) is -1.62. The van der Waals surface area contributed by atoms with Crippen molar-refractivity contribution < 1.29 is 22.7 Å². The summed E-state index contributed by atoms with van der Waals surface area (Å²) in [5, 5.41) is 5.48. The van der Waals surface area contributed by atoms with Crippen LogP contribution in [0.15, 0.2) is 0 Å². The van der Waals surface area contributed by atoms with E-state index in [0.717, 1.165) is 6.42 Å². The molecular weight excluding hydrogens is 287 g/mol. The Morgan fingerprint density at radius 2 is 2.10 bits per heavy atom. The summed E-state index contributed by atoms with van der Waals surface area (Å²) >= 11 is 0. The summed E-state index contributed by atoms with van der Waals surface area (Å²) in [5.74, 6) is -0.658. The Bertz CT molecular complexity index is 340. The molecule has 0 bridgehead atoms. The van der Waals surface area contributed by atoms with Gasteiger partial charge in [-0.15, -0.1) is 0 Å². The summed E-state index contributed by atoms with van der Waals surface area (Å²) < 4.78 is 44.7. The van der Waals surface area contributed by atoms with Gasteiger partial charge >= 0.3 is 6.18 Å². The predicted molar refractivity (Wildman–Crippen MR) is 70.8 cm³/mol. The number of piperazine rings is 1. The maximum Gasteiger partial charge on any atom is 0.405 e. The molecule has 2 aliphatic heterocycles. The van der Waals surface area contributed by atoms with Gasteiger partial charge in [-0.3, -0.25) is 9.69 Å². The number of nitrogens with zero attached hydrogens (tertiary/aromatic N) is 1. The van der Waals surface area contributed by atoms with Gasteiger partial charge in [-0.2, -0.15) is 13.2 Å². The zero-order valence-corrected chi connectivity index (χ0v) is 11.9. The molecular formula is C13H22F3N3O2. The number of nitrogens with one attached hydrogen (secondary N) is 2. The van der Waals surface area contributed by atoms with Gasteiger partial charge in [0.1, 0.15) is 6.04 Å². The average Bonchev–Trinajstić information content (AvgIpc) is 2.48. The Morgan fingerprint density at radius 1 is 1.38 bits per heavy atom. The number of rotatable bonds is 4. The van der Waals surface area contributed by atoms with E-state index < -0.39 is 18.8 Å². The maximum atomic E-state index is 13.2. The molecule has 0 aromatic rings. The lowest BCUT2D eigenvalue weighted by Gasteiger charge is -2.36. The van der Waals surface area contributed by atoms with Crippen LogP contribution in [0, 0.1) is 5.92 Å². The molecule has 2 atom stereocenters. The van der Waals surface area contributed by atoms with Gasteiger partial charge in [-0.05, 0) is 12.8 Å². The van der Waals surface area contributed by atoms with Gasteiger partial charge in [0.15, 0.2) is 0 Å². The van der Waals surface area contributed by atoms with Crippen LogP contribution >= 0.6 is 0 Å². The largest absolute Gasteiger partial charge is 0.405 e. The lowest BCUT2D eigenvalue weighted by atomic mass is 10.0. The number of alkyl halides is 3. The topological polar surface area (TPSA) is 53.6 Å². The van der Waals surface area contributed by atoms with Crippen LogP contribution in [0.4, 0.5) is 13.2 Å². The molecule has 5 nitrogen and oxygen atoms in total. The first-order valence-electron chi connectivity index (χ1n) is 7.35. The van der Waals surface area contributed by atoms with Crippen molar-refractivity contribution in [3.05, 3.63) is 0 Å². The van der Waals surface area contributed by atoms with E-state index >= 15 is 0 Å². The molecule has 8 heteroatoms. The second-order valence-electron chi connectivity index (χ2n) is 5.50. The zero-order valence-electron chi connectivity index (χ0n) is 11.9. The van der Waals surface area contributed by atoms with Gasteiger partial charge in [-0.25, -0.2) is 0 Å². The number of hydrogen-bond acceptors (Lipinski definition) is 4. The molecule has 2 fully saturated rings. The van der Waals surface area contributed by atoms with Crippen molar-refractivity contribution >= 4 is 5.91 Å². The molecule has 2 saturated heterocycles. The van der Waals surface area contributed by atoms with Crippen molar-refractivity contribution in [1.29, 1.82) is 0 Å².